The Morgan fingerprint density at radius 3 is 2.49 bits per heavy atom. The van der Waals surface area contributed by atoms with Crippen molar-refractivity contribution in [1.82, 2.24) is 29.3 Å². The van der Waals surface area contributed by atoms with E-state index in [1.807, 2.05) is 67.0 Å². The van der Waals surface area contributed by atoms with E-state index in [9.17, 15) is 0 Å². The zero-order valence-electron chi connectivity index (χ0n) is 22.8. The molecule has 0 saturated carbocycles. The zero-order chi connectivity index (χ0) is 27.4. The molecule has 2 N–H and O–H groups in total. The van der Waals surface area contributed by atoms with Crippen molar-refractivity contribution in [1.29, 1.82) is 0 Å². The van der Waals surface area contributed by atoms with E-state index in [-0.39, 0.29) is 11.6 Å². The van der Waals surface area contributed by atoms with Crippen molar-refractivity contribution in [3.8, 4) is 28.4 Å². The second-order valence-electron chi connectivity index (χ2n) is 10.5. The van der Waals surface area contributed by atoms with Gasteiger partial charge in [0.15, 0.2) is 11.6 Å². The smallest absolute Gasteiger partial charge is 0.228 e. The van der Waals surface area contributed by atoms with Gasteiger partial charge in [0.05, 0.1) is 23.2 Å². The molecule has 0 aliphatic rings. The summed E-state index contributed by atoms with van der Waals surface area (Å²) < 4.78 is 11.3. The van der Waals surface area contributed by atoms with E-state index in [1.165, 1.54) is 11.9 Å². The fourth-order valence-corrected chi connectivity index (χ4v) is 4.74. The van der Waals surface area contributed by atoms with Gasteiger partial charge in [0, 0.05) is 35.3 Å². The summed E-state index contributed by atoms with van der Waals surface area (Å²) in [7, 11) is 0. The summed E-state index contributed by atoms with van der Waals surface area (Å²) in [5.41, 5.74) is 4.68. The summed E-state index contributed by atoms with van der Waals surface area (Å²) >= 11 is 1.50. The molecule has 1 aromatic carbocycles. The number of rotatable bonds is 9. The molecule has 5 aromatic rings. The molecule has 4 aromatic heterocycles. The molecule has 8 nitrogen and oxygen atoms in total. The van der Waals surface area contributed by atoms with Crippen LogP contribution in [0.4, 0.5) is 5.82 Å². The van der Waals surface area contributed by atoms with Crippen LogP contribution in [0, 0.1) is 0 Å². The van der Waals surface area contributed by atoms with Gasteiger partial charge in [0.2, 0.25) is 5.88 Å². The minimum Gasteiger partial charge on any atom is -0.474 e. The van der Waals surface area contributed by atoms with Crippen LogP contribution in [0.2, 0.25) is 0 Å². The van der Waals surface area contributed by atoms with Crippen LogP contribution in [0.25, 0.3) is 28.0 Å². The largest absolute Gasteiger partial charge is 0.474 e. The first-order valence-corrected chi connectivity index (χ1v) is 13.8. The maximum absolute atomic E-state index is 6.00. The third-order valence-corrected chi connectivity index (χ3v) is 6.88. The van der Waals surface area contributed by atoms with Gasteiger partial charge in [-0.1, -0.05) is 36.4 Å². The Hall–Kier alpha value is -3.95. The zero-order valence-corrected chi connectivity index (χ0v) is 23.7. The number of ether oxygens (including phenoxy) is 1. The first kappa shape index (κ1) is 26.6. The Kier molecular flexibility index (Phi) is 7.81. The second-order valence-corrected chi connectivity index (χ2v) is 11.3. The number of anilines is 1. The molecule has 0 aliphatic carbocycles. The molecule has 0 bridgehead atoms. The van der Waals surface area contributed by atoms with Crippen LogP contribution in [0.3, 0.4) is 0 Å². The number of fused-ring (bicyclic) bond motifs is 1. The third kappa shape index (κ3) is 6.55. The van der Waals surface area contributed by atoms with Crippen molar-refractivity contribution < 1.29 is 4.74 Å². The van der Waals surface area contributed by atoms with Gasteiger partial charge in [0.25, 0.3) is 0 Å². The van der Waals surface area contributed by atoms with Crippen molar-refractivity contribution in [3.05, 3.63) is 84.9 Å². The molecule has 0 saturated heterocycles. The maximum Gasteiger partial charge on any atom is 0.228 e. The Labute approximate surface area is 233 Å². The lowest BCUT2D eigenvalue weighted by molar-refractivity contribution is 0.226. The highest BCUT2D eigenvalue weighted by Crippen LogP contribution is 2.34. The van der Waals surface area contributed by atoms with Crippen LogP contribution in [-0.2, 0) is 6.54 Å². The lowest BCUT2D eigenvalue weighted by Gasteiger charge is -2.21. The topological polar surface area (TPSA) is 89.3 Å². The van der Waals surface area contributed by atoms with Crippen LogP contribution in [0.5, 0.6) is 5.88 Å². The van der Waals surface area contributed by atoms with Crippen molar-refractivity contribution >= 4 is 23.3 Å². The number of pyridine rings is 2. The molecule has 39 heavy (non-hydrogen) atoms. The molecule has 200 valence electrons. The summed E-state index contributed by atoms with van der Waals surface area (Å²) in [6.45, 7) is 10.9. The predicted octanol–water partition coefficient (Wildman–Crippen LogP) is 6.65. The highest BCUT2D eigenvalue weighted by Gasteiger charge is 2.19. The summed E-state index contributed by atoms with van der Waals surface area (Å²) in [4.78, 5) is 15.0. The minimum absolute atomic E-state index is 0.00335. The lowest BCUT2D eigenvalue weighted by Crippen LogP contribution is -2.29. The number of nitrogens with one attached hydrogen (secondary N) is 2. The summed E-state index contributed by atoms with van der Waals surface area (Å²) in [5, 5.41) is 8.40. The molecule has 0 amide bonds. The fourth-order valence-electron chi connectivity index (χ4n) is 3.95. The summed E-state index contributed by atoms with van der Waals surface area (Å²) in [6, 6.07) is 20.2. The number of nitrogens with zero attached hydrogens (tertiary/aromatic N) is 5. The highest BCUT2D eigenvalue weighted by molar-refractivity contribution is 7.97. The van der Waals surface area contributed by atoms with E-state index in [0.717, 1.165) is 38.6 Å². The van der Waals surface area contributed by atoms with E-state index in [4.69, 9.17) is 14.8 Å². The summed E-state index contributed by atoms with van der Waals surface area (Å²) in [5.74, 6) is 1.86. The van der Waals surface area contributed by atoms with E-state index < -0.39 is 0 Å². The van der Waals surface area contributed by atoms with Gasteiger partial charge < -0.3 is 10.1 Å². The average Bonchev–Trinajstić information content (AvgIpc) is 3.36. The van der Waals surface area contributed by atoms with Gasteiger partial charge in [-0.25, -0.2) is 14.5 Å². The van der Waals surface area contributed by atoms with Crippen LogP contribution in [0.15, 0.2) is 84.1 Å². The summed E-state index contributed by atoms with van der Waals surface area (Å²) in [6.07, 6.45) is 5.53. The first-order valence-electron chi connectivity index (χ1n) is 13.0. The van der Waals surface area contributed by atoms with Crippen molar-refractivity contribution in [2.24, 2.45) is 0 Å². The van der Waals surface area contributed by atoms with Crippen LogP contribution in [-0.4, -0.2) is 36.2 Å². The maximum atomic E-state index is 6.00. The molecule has 4 heterocycles. The fraction of sp³-hybridized carbons (Fsp3) is 0.267. The van der Waals surface area contributed by atoms with Crippen molar-refractivity contribution in [2.75, 3.05) is 5.32 Å². The highest BCUT2D eigenvalue weighted by atomic mass is 32.2. The van der Waals surface area contributed by atoms with E-state index in [0.29, 0.717) is 18.2 Å². The van der Waals surface area contributed by atoms with Gasteiger partial charge in [-0.3, -0.25) is 9.71 Å². The normalized spacial score (nSPS) is 11.7. The molecule has 0 spiro atoms. The Balaban J connectivity index is 1.59. The third-order valence-electron chi connectivity index (χ3n) is 5.65. The monoisotopic (exact) mass is 539 g/mol. The minimum atomic E-state index is -0.0905. The van der Waals surface area contributed by atoms with Gasteiger partial charge in [-0.15, -0.1) is 5.10 Å². The first-order chi connectivity index (χ1) is 18.8. The van der Waals surface area contributed by atoms with E-state index in [1.54, 1.807) is 12.4 Å². The molecule has 0 atom stereocenters. The molecule has 9 heteroatoms. The number of hydrogen-bond donors (Lipinski definition) is 2. The molecule has 0 radical (unpaired) electrons. The van der Waals surface area contributed by atoms with Crippen LogP contribution < -0.4 is 14.8 Å². The number of benzene rings is 1. The molecule has 0 fully saturated rings. The standard InChI is InChI=1S/C30H33N7OS/c1-20(2)38-29-25(39-36-30(3,4)5)17-22(18-33-29)27-34-28(32-19-23-13-9-10-15-31-23)26-24(14-16-37(26)35-27)21-11-7-6-8-12-21/h6-18,20,36H,19H2,1-5H3,(H,32,34,35). The van der Waals surface area contributed by atoms with E-state index >= 15 is 0 Å². The molecular formula is C30H33N7OS. The van der Waals surface area contributed by atoms with Gasteiger partial charge in [-0.05, 0) is 76.4 Å². The molecule has 0 unspecified atom stereocenters. The molecule has 0 aliphatic heterocycles. The van der Waals surface area contributed by atoms with Gasteiger partial charge in [-0.2, -0.15) is 0 Å². The van der Waals surface area contributed by atoms with Crippen LogP contribution in [0.1, 0.15) is 40.3 Å². The Bertz CT molecular complexity index is 1550. The van der Waals surface area contributed by atoms with Crippen molar-refractivity contribution in [2.45, 2.75) is 57.7 Å². The predicted molar refractivity (Wildman–Crippen MR) is 158 cm³/mol. The van der Waals surface area contributed by atoms with Crippen LogP contribution >= 0.6 is 11.9 Å². The average molecular weight is 540 g/mol. The quantitative estimate of drug-likeness (QED) is 0.201. The number of aromatic nitrogens is 5. The lowest BCUT2D eigenvalue weighted by atomic mass is 10.1. The second kappa shape index (κ2) is 11.4. The number of hydrogen-bond acceptors (Lipinski definition) is 8. The van der Waals surface area contributed by atoms with Gasteiger partial charge in [0.1, 0.15) is 5.52 Å². The Morgan fingerprint density at radius 2 is 1.77 bits per heavy atom. The molecular weight excluding hydrogens is 506 g/mol. The SMILES string of the molecule is CC(C)Oc1ncc(-c2nc(NCc3ccccn3)c3c(-c4ccccc4)ccn3n2)cc1SNC(C)(C)C. The van der Waals surface area contributed by atoms with Crippen molar-refractivity contribution in [3.63, 3.8) is 0 Å². The Morgan fingerprint density at radius 1 is 0.974 bits per heavy atom. The van der Waals surface area contributed by atoms with E-state index in [2.05, 4.69) is 59.0 Å². The van der Waals surface area contributed by atoms with Gasteiger partial charge >= 0.3 is 0 Å². The molecule has 5 rings (SSSR count).